The number of nitrogens with one attached hydrogen (secondary N) is 1. The van der Waals surface area contributed by atoms with Crippen LogP contribution in [0.25, 0.3) is 0 Å². The van der Waals surface area contributed by atoms with Crippen LogP contribution in [0.5, 0.6) is 5.75 Å². The van der Waals surface area contributed by atoms with Crippen LogP contribution in [-0.2, 0) is 16.8 Å². The van der Waals surface area contributed by atoms with Crippen molar-refractivity contribution in [2.45, 2.75) is 32.7 Å². The molecule has 1 aromatic heterocycles. The molecule has 5 nitrogen and oxygen atoms in total. The quantitative estimate of drug-likeness (QED) is 0.689. The van der Waals surface area contributed by atoms with Crippen LogP contribution in [0.3, 0.4) is 0 Å². The fraction of sp³-hybridized carbons (Fsp3) is 0.273. The largest absolute Gasteiger partial charge is 0.481 e. The third-order valence-electron chi connectivity index (χ3n) is 4.33. The topological polar surface area (TPSA) is 56.2 Å². The molecular weight excluding hydrogens is 357 g/mol. The number of carbonyl (C=O) groups is 1. The number of carbonyl (C=O) groups excluding carboxylic acids is 1. The van der Waals surface area contributed by atoms with Gasteiger partial charge in [-0.3, -0.25) is 4.79 Å². The number of amides is 1. The van der Waals surface area contributed by atoms with E-state index in [0.717, 1.165) is 5.56 Å². The van der Waals surface area contributed by atoms with Gasteiger partial charge in [-0.15, -0.1) is 0 Å². The maximum atomic E-state index is 13.6. The summed E-state index contributed by atoms with van der Waals surface area (Å²) in [4.78, 5) is 12.2. The number of para-hydroxylation sites is 1. The van der Waals surface area contributed by atoms with Crippen LogP contribution in [0.2, 0.25) is 0 Å². The normalized spacial score (nSPS) is 11.3. The molecule has 0 unspecified atom stereocenters. The van der Waals surface area contributed by atoms with E-state index in [1.165, 1.54) is 17.7 Å². The first-order valence-electron chi connectivity index (χ1n) is 9.11. The Morgan fingerprint density at radius 1 is 1.11 bits per heavy atom. The predicted molar refractivity (Wildman–Crippen MR) is 107 cm³/mol. The highest BCUT2D eigenvalue weighted by Crippen LogP contribution is 2.22. The van der Waals surface area contributed by atoms with Gasteiger partial charge in [-0.1, -0.05) is 57.2 Å². The Bertz CT molecular complexity index is 943. The van der Waals surface area contributed by atoms with Gasteiger partial charge in [0.2, 0.25) is 0 Å². The molecule has 146 valence electrons. The summed E-state index contributed by atoms with van der Waals surface area (Å²) in [5.41, 5.74) is 2.44. The fourth-order valence-electron chi connectivity index (χ4n) is 2.73. The Labute approximate surface area is 164 Å². The first-order valence-corrected chi connectivity index (χ1v) is 9.11. The number of anilines is 1. The van der Waals surface area contributed by atoms with Crippen LogP contribution in [0.15, 0.2) is 60.8 Å². The summed E-state index contributed by atoms with van der Waals surface area (Å²) < 4.78 is 20.5. The molecule has 0 bridgehead atoms. The third kappa shape index (κ3) is 4.97. The molecule has 0 saturated carbocycles. The Morgan fingerprint density at radius 2 is 1.82 bits per heavy atom. The molecule has 1 heterocycles. The first kappa shape index (κ1) is 19.6. The van der Waals surface area contributed by atoms with Gasteiger partial charge < -0.3 is 10.1 Å². The van der Waals surface area contributed by atoms with Crippen molar-refractivity contribution in [2.75, 3.05) is 11.9 Å². The number of aromatic nitrogens is 2. The smallest absolute Gasteiger partial charge is 0.263 e. The Kier molecular flexibility index (Phi) is 5.78. The zero-order valence-corrected chi connectivity index (χ0v) is 16.3. The van der Waals surface area contributed by atoms with Gasteiger partial charge in [-0.2, -0.15) is 5.10 Å². The highest BCUT2D eigenvalue weighted by atomic mass is 19.1. The van der Waals surface area contributed by atoms with Crippen molar-refractivity contribution in [2.24, 2.45) is 0 Å². The van der Waals surface area contributed by atoms with Crippen LogP contribution in [0, 0.1) is 5.82 Å². The van der Waals surface area contributed by atoms with Gasteiger partial charge in [-0.05, 0) is 28.7 Å². The van der Waals surface area contributed by atoms with Crippen molar-refractivity contribution in [3.8, 4) is 5.75 Å². The lowest BCUT2D eigenvalue weighted by Crippen LogP contribution is -2.22. The van der Waals surface area contributed by atoms with E-state index in [4.69, 9.17) is 4.74 Å². The van der Waals surface area contributed by atoms with Gasteiger partial charge in [0.15, 0.2) is 18.2 Å². The highest BCUT2D eigenvalue weighted by molar-refractivity contribution is 5.91. The monoisotopic (exact) mass is 381 g/mol. The second kappa shape index (κ2) is 8.25. The van der Waals surface area contributed by atoms with Crippen LogP contribution in [0.4, 0.5) is 10.2 Å². The van der Waals surface area contributed by atoms with Gasteiger partial charge in [0.25, 0.3) is 5.91 Å². The van der Waals surface area contributed by atoms with Gasteiger partial charge in [0, 0.05) is 6.07 Å². The molecule has 28 heavy (non-hydrogen) atoms. The number of ether oxygens (including phenoxy) is 1. The molecule has 3 rings (SSSR count). The number of hydrogen-bond donors (Lipinski definition) is 1. The Hall–Kier alpha value is -3.15. The van der Waals surface area contributed by atoms with Crippen molar-refractivity contribution >= 4 is 11.7 Å². The van der Waals surface area contributed by atoms with E-state index in [1.807, 2.05) is 0 Å². The lowest BCUT2D eigenvalue weighted by atomic mass is 9.87. The van der Waals surface area contributed by atoms with Crippen LogP contribution >= 0.6 is 0 Å². The summed E-state index contributed by atoms with van der Waals surface area (Å²) in [6.45, 7) is 6.76. The summed E-state index contributed by atoms with van der Waals surface area (Å²) in [7, 11) is 0. The van der Waals surface area contributed by atoms with Gasteiger partial charge in [0.1, 0.15) is 5.82 Å². The number of benzene rings is 2. The minimum atomic E-state index is -0.501. The molecule has 0 spiro atoms. The van der Waals surface area contributed by atoms with Gasteiger partial charge in [0.05, 0.1) is 12.7 Å². The molecule has 0 atom stereocenters. The van der Waals surface area contributed by atoms with Crippen LogP contribution < -0.4 is 10.1 Å². The third-order valence-corrected chi connectivity index (χ3v) is 4.33. The summed E-state index contributed by atoms with van der Waals surface area (Å²) in [5.74, 6) is -0.278. The molecule has 3 aromatic rings. The molecule has 6 heteroatoms. The molecule has 1 N–H and O–H groups in total. The fourth-order valence-corrected chi connectivity index (χ4v) is 2.73. The molecule has 0 saturated heterocycles. The van der Waals surface area contributed by atoms with Crippen molar-refractivity contribution < 1.29 is 13.9 Å². The summed E-state index contributed by atoms with van der Waals surface area (Å²) in [6.07, 6.45) is 1.62. The lowest BCUT2D eigenvalue weighted by Gasteiger charge is -2.19. The van der Waals surface area contributed by atoms with E-state index < -0.39 is 5.82 Å². The average molecular weight is 381 g/mol. The molecule has 0 aliphatic carbocycles. The second-order valence-electron chi connectivity index (χ2n) is 7.59. The lowest BCUT2D eigenvalue weighted by molar-refractivity contribution is -0.118. The van der Waals surface area contributed by atoms with Crippen molar-refractivity contribution in [3.63, 3.8) is 0 Å². The van der Waals surface area contributed by atoms with Crippen LogP contribution in [-0.4, -0.2) is 22.3 Å². The Morgan fingerprint density at radius 3 is 2.50 bits per heavy atom. The zero-order chi connectivity index (χ0) is 20.1. The van der Waals surface area contributed by atoms with Gasteiger partial charge in [-0.25, -0.2) is 9.07 Å². The predicted octanol–water partition coefficient (Wildman–Crippen LogP) is 4.39. The van der Waals surface area contributed by atoms with Crippen molar-refractivity contribution in [1.82, 2.24) is 9.78 Å². The van der Waals surface area contributed by atoms with E-state index in [2.05, 4.69) is 55.5 Å². The number of hydrogen-bond acceptors (Lipinski definition) is 3. The minimum absolute atomic E-state index is 0.0464. The molecule has 1 amide bonds. The van der Waals surface area contributed by atoms with Crippen molar-refractivity contribution in [3.05, 3.63) is 77.7 Å². The maximum absolute atomic E-state index is 13.6. The molecular formula is C22H24FN3O2. The molecule has 0 aliphatic heterocycles. The summed E-state index contributed by atoms with van der Waals surface area (Å²) in [6, 6.07) is 16.0. The van der Waals surface area contributed by atoms with E-state index >= 15 is 0 Å². The van der Waals surface area contributed by atoms with Gasteiger partial charge >= 0.3 is 0 Å². The Balaban J connectivity index is 1.60. The maximum Gasteiger partial charge on any atom is 0.263 e. The average Bonchev–Trinajstić information content (AvgIpc) is 3.07. The second-order valence-corrected chi connectivity index (χ2v) is 7.59. The number of rotatable bonds is 6. The first-order chi connectivity index (χ1) is 13.3. The van der Waals surface area contributed by atoms with Crippen LogP contribution in [0.1, 0.15) is 31.9 Å². The molecule has 0 aliphatic rings. The van der Waals surface area contributed by atoms with E-state index in [1.54, 1.807) is 29.1 Å². The summed E-state index contributed by atoms with van der Waals surface area (Å²) >= 11 is 0. The molecule has 2 aromatic carbocycles. The van der Waals surface area contributed by atoms with E-state index in [-0.39, 0.29) is 23.7 Å². The summed E-state index contributed by atoms with van der Waals surface area (Å²) in [5, 5.41) is 7.02. The number of nitrogens with zero attached hydrogens (tertiary/aromatic N) is 2. The SMILES string of the molecule is CC(C)(C)c1ccc(Cn2nccc2NC(=O)COc2ccccc2F)cc1. The molecule has 0 fully saturated rings. The van der Waals surface area contributed by atoms with E-state index in [0.29, 0.717) is 12.4 Å². The van der Waals surface area contributed by atoms with Crippen molar-refractivity contribution in [1.29, 1.82) is 0 Å². The minimum Gasteiger partial charge on any atom is -0.481 e. The zero-order valence-electron chi connectivity index (χ0n) is 16.3. The number of halogens is 1. The highest BCUT2D eigenvalue weighted by Gasteiger charge is 2.14. The van der Waals surface area contributed by atoms with E-state index in [9.17, 15) is 9.18 Å². The standard InChI is InChI=1S/C22H24FN3O2/c1-22(2,3)17-10-8-16(9-11-17)14-26-20(12-13-24-26)25-21(27)15-28-19-7-5-4-6-18(19)23/h4-13H,14-15H2,1-3H3,(H,25,27). The molecule has 0 radical (unpaired) electrons.